The van der Waals surface area contributed by atoms with E-state index in [1.165, 1.54) is 0 Å². The number of nitrogens with one attached hydrogen (secondary N) is 2. The number of aliphatic carboxylic acids is 1. The third-order valence-electron chi connectivity index (χ3n) is 2.66. The standard InChI is InChI=1S/C14H17N3O3/c1-9-4-5-10(8-15)6-11(9)16-13(20)17-14(2,3)7-12(18)19/h4-6H,7H2,1-3H3,(H,18,19)(H2,16,17,20). The Morgan fingerprint density at radius 3 is 2.60 bits per heavy atom. The highest BCUT2D eigenvalue weighted by Gasteiger charge is 2.24. The molecule has 1 aromatic carbocycles. The summed E-state index contributed by atoms with van der Waals surface area (Å²) in [5.74, 6) is -0.988. The van der Waals surface area contributed by atoms with Gasteiger partial charge in [0.05, 0.1) is 18.1 Å². The minimum Gasteiger partial charge on any atom is -0.481 e. The maximum atomic E-state index is 11.9. The van der Waals surface area contributed by atoms with Crippen molar-refractivity contribution in [3.63, 3.8) is 0 Å². The summed E-state index contributed by atoms with van der Waals surface area (Å²) in [6.07, 6.45) is -0.183. The van der Waals surface area contributed by atoms with Gasteiger partial charge in [0.15, 0.2) is 0 Å². The highest BCUT2D eigenvalue weighted by Crippen LogP contribution is 2.17. The quantitative estimate of drug-likeness (QED) is 0.784. The first kappa shape index (κ1) is 15.5. The molecular weight excluding hydrogens is 258 g/mol. The average Bonchev–Trinajstić information content (AvgIpc) is 2.29. The molecule has 2 amide bonds. The summed E-state index contributed by atoms with van der Waals surface area (Å²) in [5.41, 5.74) is 0.912. The Morgan fingerprint density at radius 1 is 1.40 bits per heavy atom. The average molecular weight is 275 g/mol. The number of urea groups is 1. The van der Waals surface area contributed by atoms with Crippen LogP contribution in [-0.2, 0) is 4.79 Å². The maximum Gasteiger partial charge on any atom is 0.319 e. The zero-order chi connectivity index (χ0) is 15.3. The predicted octanol–water partition coefficient (Wildman–Crippen LogP) is 2.24. The molecule has 6 heteroatoms. The Balaban J connectivity index is 2.77. The van der Waals surface area contributed by atoms with Crippen LogP contribution in [0.25, 0.3) is 0 Å². The number of anilines is 1. The van der Waals surface area contributed by atoms with Crippen LogP contribution in [0.15, 0.2) is 18.2 Å². The van der Waals surface area contributed by atoms with Crippen molar-refractivity contribution in [1.29, 1.82) is 5.26 Å². The largest absolute Gasteiger partial charge is 0.481 e. The number of nitriles is 1. The van der Waals surface area contributed by atoms with Crippen molar-refractivity contribution in [2.24, 2.45) is 0 Å². The molecule has 0 unspecified atom stereocenters. The van der Waals surface area contributed by atoms with Crippen molar-refractivity contribution in [2.45, 2.75) is 32.7 Å². The van der Waals surface area contributed by atoms with Crippen LogP contribution in [0.2, 0.25) is 0 Å². The van der Waals surface area contributed by atoms with Crippen molar-refractivity contribution in [2.75, 3.05) is 5.32 Å². The van der Waals surface area contributed by atoms with Gasteiger partial charge < -0.3 is 15.7 Å². The van der Waals surface area contributed by atoms with Gasteiger partial charge in [0.25, 0.3) is 0 Å². The zero-order valence-electron chi connectivity index (χ0n) is 11.7. The van der Waals surface area contributed by atoms with E-state index >= 15 is 0 Å². The van der Waals surface area contributed by atoms with Gasteiger partial charge in [-0.15, -0.1) is 0 Å². The number of carbonyl (C=O) groups is 2. The van der Waals surface area contributed by atoms with E-state index in [1.54, 1.807) is 39.0 Å². The van der Waals surface area contributed by atoms with Crippen LogP contribution in [-0.4, -0.2) is 22.6 Å². The first-order valence-corrected chi connectivity index (χ1v) is 6.05. The smallest absolute Gasteiger partial charge is 0.319 e. The number of nitrogens with zero attached hydrogens (tertiary/aromatic N) is 1. The van der Waals surface area contributed by atoms with E-state index in [0.29, 0.717) is 11.3 Å². The maximum absolute atomic E-state index is 11.9. The van der Waals surface area contributed by atoms with E-state index in [9.17, 15) is 9.59 Å². The third-order valence-corrected chi connectivity index (χ3v) is 2.66. The fourth-order valence-electron chi connectivity index (χ4n) is 1.71. The Kier molecular flexibility index (Phi) is 4.70. The van der Waals surface area contributed by atoms with Crippen LogP contribution in [0.5, 0.6) is 0 Å². The second-order valence-electron chi connectivity index (χ2n) is 5.18. The van der Waals surface area contributed by atoms with Crippen LogP contribution in [0, 0.1) is 18.3 Å². The van der Waals surface area contributed by atoms with Crippen LogP contribution in [0.1, 0.15) is 31.4 Å². The topological polar surface area (TPSA) is 102 Å². The van der Waals surface area contributed by atoms with Gasteiger partial charge in [0.1, 0.15) is 0 Å². The van der Waals surface area contributed by atoms with Gasteiger partial charge >= 0.3 is 12.0 Å². The van der Waals surface area contributed by atoms with Gasteiger partial charge in [0, 0.05) is 11.2 Å². The SMILES string of the molecule is Cc1ccc(C#N)cc1NC(=O)NC(C)(C)CC(=O)O. The molecule has 0 aromatic heterocycles. The van der Waals surface area contributed by atoms with Crippen molar-refractivity contribution < 1.29 is 14.7 Å². The summed E-state index contributed by atoms with van der Waals surface area (Å²) in [4.78, 5) is 22.5. The molecule has 6 nitrogen and oxygen atoms in total. The lowest BCUT2D eigenvalue weighted by Crippen LogP contribution is -2.46. The molecule has 0 spiro atoms. The van der Waals surface area contributed by atoms with Gasteiger partial charge in [-0.2, -0.15) is 5.26 Å². The first-order valence-electron chi connectivity index (χ1n) is 6.05. The number of amides is 2. The van der Waals surface area contributed by atoms with Crippen LogP contribution in [0.4, 0.5) is 10.5 Å². The minimum atomic E-state index is -0.988. The molecule has 0 fully saturated rings. The molecule has 0 aliphatic carbocycles. The molecule has 0 aliphatic heterocycles. The molecule has 106 valence electrons. The second-order valence-corrected chi connectivity index (χ2v) is 5.18. The highest BCUT2D eigenvalue weighted by molar-refractivity contribution is 5.91. The van der Waals surface area contributed by atoms with E-state index < -0.39 is 17.5 Å². The lowest BCUT2D eigenvalue weighted by atomic mass is 10.0. The summed E-state index contributed by atoms with van der Waals surface area (Å²) in [6, 6.07) is 6.45. The van der Waals surface area contributed by atoms with Gasteiger partial charge in [-0.05, 0) is 38.5 Å². The number of carboxylic acids is 1. The summed E-state index contributed by atoms with van der Waals surface area (Å²) < 4.78 is 0. The van der Waals surface area contributed by atoms with Crippen LogP contribution < -0.4 is 10.6 Å². The molecule has 20 heavy (non-hydrogen) atoms. The number of rotatable bonds is 4. The van der Waals surface area contributed by atoms with Gasteiger partial charge in [-0.3, -0.25) is 4.79 Å². The van der Waals surface area contributed by atoms with Gasteiger partial charge in [-0.25, -0.2) is 4.79 Å². The number of hydrogen-bond donors (Lipinski definition) is 3. The summed E-state index contributed by atoms with van der Waals surface area (Å²) in [7, 11) is 0. The number of carbonyl (C=O) groups excluding carboxylic acids is 1. The van der Waals surface area contributed by atoms with Crippen molar-refractivity contribution in [3.8, 4) is 6.07 Å². The Morgan fingerprint density at radius 2 is 2.05 bits per heavy atom. The Hall–Kier alpha value is -2.55. The normalized spacial score (nSPS) is 10.5. The fourth-order valence-corrected chi connectivity index (χ4v) is 1.71. The zero-order valence-corrected chi connectivity index (χ0v) is 11.7. The summed E-state index contributed by atoms with van der Waals surface area (Å²) in [6.45, 7) is 5.05. The van der Waals surface area contributed by atoms with Crippen molar-refractivity contribution in [3.05, 3.63) is 29.3 Å². The van der Waals surface area contributed by atoms with Gasteiger partial charge in [-0.1, -0.05) is 6.07 Å². The number of hydrogen-bond acceptors (Lipinski definition) is 3. The van der Waals surface area contributed by atoms with Crippen LogP contribution >= 0.6 is 0 Å². The van der Waals surface area contributed by atoms with E-state index in [2.05, 4.69) is 10.6 Å². The van der Waals surface area contributed by atoms with Crippen LogP contribution in [0.3, 0.4) is 0 Å². The Bertz CT molecular complexity index is 574. The predicted molar refractivity (Wildman–Crippen MR) is 74.4 cm³/mol. The van der Waals surface area contributed by atoms with Gasteiger partial charge in [0.2, 0.25) is 0 Å². The minimum absolute atomic E-state index is 0.183. The number of benzene rings is 1. The molecule has 0 atom stereocenters. The molecule has 1 rings (SSSR count). The van der Waals surface area contributed by atoms with Crippen molar-refractivity contribution >= 4 is 17.7 Å². The monoisotopic (exact) mass is 275 g/mol. The molecule has 3 N–H and O–H groups in total. The molecule has 0 radical (unpaired) electrons. The number of carboxylic acid groups (broad SMARTS) is 1. The lowest BCUT2D eigenvalue weighted by molar-refractivity contribution is -0.138. The third kappa shape index (κ3) is 4.61. The van der Waals surface area contributed by atoms with E-state index in [0.717, 1.165) is 5.56 Å². The summed E-state index contributed by atoms with van der Waals surface area (Å²) >= 11 is 0. The molecule has 0 heterocycles. The first-order chi connectivity index (χ1) is 9.23. The van der Waals surface area contributed by atoms with Crippen molar-refractivity contribution in [1.82, 2.24) is 5.32 Å². The van der Waals surface area contributed by atoms with E-state index in [4.69, 9.17) is 10.4 Å². The molecule has 0 saturated heterocycles. The summed E-state index contributed by atoms with van der Waals surface area (Å²) in [5, 5.41) is 22.8. The van der Waals surface area contributed by atoms with E-state index in [-0.39, 0.29) is 6.42 Å². The molecule has 0 bridgehead atoms. The number of aryl methyl sites for hydroxylation is 1. The molecule has 0 saturated carbocycles. The fraction of sp³-hybridized carbons (Fsp3) is 0.357. The van der Waals surface area contributed by atoms with E-state index in [1.807, 2.05) is 6.07 Å². The molecule has 1 aromatic rings. The highest BCUT2D eigenvalue weighted by atomic mass is 16.4. The molecular formula is C14H17N3O3. The lowest BCUT2D eigenvalue weighted by Gasteiger charge is -2.24. The Labute approximate surface area is 117 Å². The second kappa shape index (κ2) is 6.06. The molecule has 0 aliphatic rings.